The molecule has 0 bridgehead atoms. The fourth-order valence-corrected chi connectivity index (χ4v) is 4.93. The number of amides is 2. The molecule has 3 N–H and O–H groups in total. The molecule has 0 aromatic heterocycles. The number of ether oxygens (including phenoxy) is 1. The van der Waals surface area contributed by atoms with Crippen LogP contribution in [0.4, 0.5) is 4.79 Å². The average molecular weight is 479 g/mol. The molecule has 0 heterocycles. The maximum Gasteiger partial charge on any atom is 0.407 e. The zero-order chi connectivity index (χ0) is 24.6. The molecule has 1 saturated carbocycles. The molecular formula is C28H34N2O5. The predicted octanol–water partition coefficient (Wildman–Crippen LogP) is 4.70. The van der Waals surface area contributed by atoms with Gasteiger partial charge >= 0.3 is 12.1 Å². The van der Waals surface area contributed by atoms with Crippen LogP contribution in [0.1, 0.15) is 62.0 Å². The minimum absolute atomic E-state index is 0.0322. The molecule has 0 spiro atoms. The summed E-state index contributed by atoms with van der Waals surface area (Å²) in [5.74, 6) is -0.546. The summed E-state index contributed by atoms with van der Waals surface area (Å²) in [5, 5.41) is 14.4. The lowest BCUT2D eigenvalue weighted by atomic mass is 9.98. The first-order chi connectivity index (χ1) is 17.0. The predicted molar refractivity (Wildman–Crippen MR) is 133 cm³/mol. The number of alkyl carbamates (subject to hydrolysis) is 1. The molecule has 0 saturated heterocycles. The average Bonchev–Trinajstić information content (AvgIpc) is 3.58. The number of nitrogens with one attached hydrogen (secondary N) is 2. The number of rotatable bonds is 13. The lowest BCUT2D eigenvalue weighted by Gasteiger charge is -2.14. The van der Waals surface area contributed by atoms with Gasteiger partial charge in [0.05, 0.1) is 0 Å². The van der Waals surface area contributed by atoms with E-state index in [0.29, 0.717) is 19.5 Å². The van der Waals surface area contributed by atoms with Gasteiger partial charge in [-0.1, -0.05) is 67.8 Å². The lowest BCUT2D eigenvalue weighted by molar-refractivity contribution is -0.137. The van der Waals surface area contributed by atoms with Crippen LogP contribution in [-0.2, 0) is 14.3 Å². The summed E-state index contributed by atoms with van der Waals surface area (Å²) in [6.07, 6.45) is 5.05. The van der Waals surface area contributed by atoms with Crippen molar-refractivity contribution in [2.24, 2.45) is 11.8 Å². The van der Waals surface area contributed by atoms with Gasteiger partial charge in [-0.05, 0) is 47.4 Å². The fourth-order valence-electron chi connectivity index (χ4n) is 4.93. The highest BCUT2D eigenvalue weighted by Crippen LogP contribution is 2.44. The Labute approximate surface area is 206 Å². The Morgan fingerprint density at radius 3 is 2.17 bits per heavy atom. The first kappa shape index (κ1) is 24.8. The summed E-state index contributed by atoms with van der Waals surface area (Å²) in [5.41, 5.74) is 4.76. The van der Waals surface area contributed by atoms with Crippen molar-refractivity contribution in [1.82, 2.24) is 10.6 Å². The standard InChI is InChI=1S/C28H34N2O5/c31-26(32)14-4-2-1-3-9-15-29-27(33)24-16-19(24)17-30-28(34)35-18-25-22-12-7-5-10-20(22)21-11-6-8-13-23(21)25/h5-8,10-13,19,24-25H,1-4,9,14-18H2,(H,29,33)(H,30,34)(H,31,32)/t19-,24-/m1/s1. The van der Waals surface area contributed by atoms with E-state index >= 15 is 0 Å². The van der Waals surface area contributed by atoms with Crippen molar-refractivity contribution in [3.8, 4) is 11.1 Å². The molecule has 7 nitrogen and oxygen atoms in total. The summed E-state index contributed by atoms with van der Waals surface area (Å²) in [7, 11) is 0. The van der Waals surface area contributed by atoms with Crippen molar-refractivity contribution in [3.05, 3.63) is 59.7 Å². The van der Waals surface area contributed by atoms with Crippen molar-refractivity contribution < 1.29 is 24.2 Å². The first-order valence-electron chi connectivity index (χ1n) is 12.6. The quantitative estimate of drug-likeness (QED) is 0.362. The number of carbonyl (C=O) groups excluding carboxylic acids is 2. The molecular weight excluding hydrogens is 444 g/mol. The number of hydrogen-bond acceptors (Lipinski definition) is 4. The molecule has 7 heteroatoms. The Hall–Kier alpha value is -3.35. The second-order valence-electron chi connectivity index (χ2n) is 9.51. The molecule has 0 aliphatic heterocycles. The summed E-state index contributed by atoms with van der Waals surface area (Å²) in [4.78, 5) is 35.1. The minimum Gasteiger partial charge on any atom is -0.481 e. The Bertz CT molecular complexity index is 1010. The maximum absolute atomic E-state index is 12.3. The fraction of sp³-hybridized carbons (Fsp3) is 0.464. The monoisotopic (exact) mass is 478 g/mol. The molecule has 35 heavy (non-hydrogen) atoms. The summed E-state index contributed by atoms with van der Waals surface area (Å²) >= 11 is 0. The largest absolute Gasteiger partial charge is 0.481 e. The van der Waals surface area contributed by atoms with E-state index in [1.165, 1.54) is 22.3 Å². The highest BCUT2D eigenvalue weighted by Gasteiger charge is 2.42. The number of fused-ring (bicyclic) bond motifs is 3. The topological polar surface area (TPSA) is 105 Å². The third-order valence-corrected chi connectivity index (χ3v) is 6.98. The molecule has 2 atom stereocenters. The maximum atomic E-state index is 12.3. The van der Waals surface area contributed by atoms with Gasteiger partial charge in [-0.3, -0.25) is 9.59 Å². The Morgan fingerprint density at radius 2 is 1.49 bits per heavy atom. The van der Waals surface area contributed by atoms with E-state index in [2.05, 4.69) is 34.9 Å². The van der Waals surface area contributed by atoms with E-state index < -0.39 is 12.1 Å². The third kappa shape index (κ3) is 6.62. The van der Waals surface area contributed by atoms with Gasteiger partial charge in [0, 0.05) is 31.3 Å². The molecule has 2 amide bonds. The molecule has 0 radical (unpaired) electrons. The molecule has 2 aliphatic carbocycles. The Balaban J connectivity index is 1.10. The van der Waals surface area contributed by atoms with Gasteiger partial charge in [-0.2, -0.15) is 0 Å². The van der Waals surface area contributed by atoms with E-state index in [0.717, 1.165) is 32.1 Å². The Kier molecular flexibility index (Phi) is 8.40. The SMILES string of the molecule is O=C(O)CCCCCCCNC(=O)[C@@H]1C[C@@H]1CNC(=O)OCC1c2ccccc2-c2ccccc21. The van der Waals surface area contributed by atoms with Gasteiger partial charge in [0.15, 0.2) is 0 Å². The minimum atomic E-state index is -0.746. The molecule has 186 valence electrons. The van der Waals surface area contributed by atoms with Crippen LogP contribution in [0.25, 0.3) is 11.1 Å². The van der Waals surface area contributed by atoms with Crippen LogP contribution in [0.3, 0.4) is 0 Å². The number of hydrogen-bond donors (Lipinski definition) is 3. The normalized spacial score (nSPS) is 17.8. The van der Waals surface area contributed by atoms with Crippen molar-refractivity contribution in [1.29, 1.82) is 0 Å². The molecule has 2 aromatic carbocycles. The third-order valence-electron chi connectivity index (χ3n) is 6.98. The first-order valence-corrected chi connectivity index (χ1v) is 12.6. The molecule has 4 rings (SSSR count). The van der Waals surface area contributed by atoms with E-state index in [4.69, 9.17) is 9.84 Å². The van der Waals surface area contributed by atoms with Crippen LogP contribution in [0.2, 0.25) is 0 Å². The Morgan fingerprint density at radius 1 is 0.857 bits per heavy atom. The molecule has 0 unspecified atom stereocenters. The van der Waals surface area contributed by atoms with Crippen LogP contribution in [0.5, 0.6) is 0 Å². The smallest absolute Gasteiger partial charge is 0.407 e. The molecule has 2 aliphatic rings. The second-order valence-corrected chi connectivity index (χ2v) is 9.51. The van der Waals surface area contributed by atoms with Crippen molar-refractivity contribution in [2.75, 3.05) is 19.7 Å². The number of unbranched alkanes of at least 4 members (excludes halogenated alkanes) is 4. The summed E-state index contributed by atoms with van der Waals surface area (Å²) < 4.78 is 5.56. The van der Waals surface area contributed by atoms with E-state index in [1.54, 1.807) is 0 Å². The number of carbonyl (C=O) groups is 3. The summed E-state index contributed by atoms with van der Waals surface area (Å²) in [6, 6.07) is 16.5. The van der Waals surface area contributed by atoms with Crippen LogP contribution >= 0.6 is 0 Å². The van der Waals surface area contributed by atoms with Crippen molar-refractivity contribution in [3.63, 3.8) is 0 Å². The number of carboxylic acids is 1. The van der Waals surface area contributed by atoms with Crippen molar-refractivity contribution in [2.45, 2.75) is 50.9 Å². The van der Waals surface area contributed by atoms with Crippen LogP contribution < -0.4 is 10.6 Å². The van der Waals surface area contributed by atoms with Gasteiger partial charge in [0.1, 0.15) is 6.61 Å². The molecule has 1 fully saturated rings. The van der Waals surface area contributed by atoms with Gasteiger partial charge in [0.2, 0.25) is 5.91 Å². The zero-order valence-electron chi connectivity index (χ0n) is 20.0. The van der Waals surface area contributed by atoms with Gasteiger partial charge in [-0.15, -0.1) is 0 Å². The highest BCUT2D eigenvalue weighted by molar-refractivity contribution is 5.82. The van der Waals surface area contributed by atoms with Crippen LogP contribution in [0.15, 0.2) is 48.5 Å². The highest BCUT2D eigenvalue weighted by atomic mass is 16.5. The second kappa shape index (κ2) is 11.9. The lowest BCUT2D eigenvalue weighted by Crippen LogP contribution is -2.30. The van der Waals surface area contributed by atoms with Crippen molar-refractivity contribution >= 4 is 18.0 Å². The zero-order valence-corrected chi connectivity index (χ0v) is 20.0. The number of aliphatic carboxylic acids is 1. The van der Waals surface area contributed by atoms with Gasteiger partial charge in [0.25, 0.3) is 0 Å². The number of benzene rings is 2. The van der Waals surface area contributed by atoms with Crippen LogP contribution in [-0.4, -0.2) is 42.8 Å². The van der Waals surface area contributed by atoms with E-state index in [1.807, 2.05) is 24.3 Å². The molecule has 2 aromatic rings. The number of carboxylic acid groups (broad SMARTS) is 1. The van der Waals surface area contributed by atoms with Gasteiger partial charge < -0.3 is 20.5 Å². The van der Waals surface area contributed by atoms with Crippen LogP contribution in [0, 0.1) is 11.8 Å². The van der Waals surface area contributed by atoms with Gasteiger partial charge in [-0.25, -0.2) is 4.79 Å². The van der Waals surface area contributed by atoms with E-state index in [9.17, 15) is 14.4 Å². The summed E-state index contributed by atoms with van der Waals surface area (Å²) in [6.45, 7) is 1.36. The van der Waals surface area contributed by atoms with E-state index in [-0.39, 0.29) is 36.7 Å².